The van der Waals surface area contributed by atoms with E-state index >= 15 is 0 Å². The van der Waals surface area contributed by atoms with Crippen molar-refractivity contribution in [1.82, 2.24) is 5.32 Å². The quantitative estimate of drug-likeness (QED) is 0.854. The van der Waals surface area contributed by atoms with Gasteiger partial charge in [-0.15, -0.1) is 0 Å². The van der Waals surface area contributed by atoms with Gasteiger partial charge < -0.3 is 10.6 Å². The summed E-state index contributed by atoms with van der Waals surface area (Å²) in [7, 11) is 0. The number of amides is 1. The lowest BCUT2D eigenvalue weighted by molar-refractivity contribution is -0.119. The van der Waals surface area contributed by atoms with Crippen LogP contribution in [0.5, 0.6) is 0 Å². The minimum Gasteiger partial charge on any atom is -0.332 e. The summed E-state index contributed by atoms with van der Waals surface area (Å²) in [4.78, 5) is 11.8. The standard InChI is InChI=1S/C15H13ClN2OS/c16-12-6-8-13(9-7-12)17-15(20)18-14(19)10-11-4-2-1-3-5-11/h1-9H,10H2,(H2,17,18,19,20). The Morgan fingerprint density at radius 1 is 1.05 bits per heavy atom. The van der Waals surface area contributed by atoms with Crippen molar-refractivity contribution in [3.05, 3.63) is 65.2 Å². The Balaban J connectivity index is 1.85. The zero-order valence-corrected chi connectivity index (χ0v) is 12.2. The van der Waals surface area contributed by atoms with Crippen molar-refractivity contribution in [2.75, 3.05) is 5.32 Å². The first-order chi connectivity index (χ1) is 9.63. The summed E-state index contributed by atoms with van der Waals surface area (Å²) < 4.78 is 0. The van der Waals surface area contributed by atoms with E-state index in [4.69, 9.17) is 23.8 Å². The zero-order chi connectivity index (χ0) is 14.4. The highest BCUT2D eigenvalue weighted by atomic mass is 35.5. The van der Waals surface area contributed by atoms with E-state index in [1.807, 2.05) is 30.3 Å². The van der Waals surface area contributed by atoms with E-state index in [0.717, 1.165) is 11.3 Å². The number of thiocarbonyl (C=S) groups is 1. The number of benzene rings is 2. The van der Waals surface area contributed by atoms with Gasteiger partial charge in [0.25, 0.3) is 0 Å². The maximum Gasteiger partial charge on any atom is 0.230 e. The van der Waals surface area contributed by atoms with Gasteiger partial charge in [-0.1, -0.05) is 41.9 Å². The van der Waals surface area contributed by atoms with E-state index in [1.165, 1.54) is 0 Å². The molecule has 0 heterocycles. The second-order valence-corrected chi connectivity index (χ2v) is 5.02. The molecule has 0 bridgehead atoms. The number of hydrogen-bond donors (Lipinski definition) is 2. The lowest BCUT2D eigenvalue weighted by Crippen LogP contribution is -2.35. The molecule has 1 amide bonds. The molecular formula is C15H13ClN2OS. The van der Waals surface area contributed by atoms with Crippen LogP contribution in [0.15, 0.2) is 54.6 Å². The predicted molar refractivity (Wildman–Crippen MR) is 86.0 cm³/mol. The summed E-state index contributed by atoms with van der Waals surface area (Å²) in [5, 5.41) is 6.49. The van der Waals surface area contributed by atoms with Crippen molar-refractivity contribution in [3.8, 4) is 0 Å². The fourth-order valence-electron chi connectivity index (χ4n) is 1.65. The van der Waals surface area contributed by atoms with Gasteiger partial charge in [0.05, 0.1) is 6.42 Å². The summed E-state index contributed by atoms with van der Waals surface area (Å²) in [5.74, 6) is -0.150. The van der Waals surface area contributed by atoms with Crippen molar-refractivity contribution in [3.63, 3.8) is 0 Å². The van der Waals surface area contributed by atoms with Gasteiger partial charge in [-0.05, 0) is 42.0 Å². The van der Waals surface area contributed by atoms with E-state index in [-0.39, 0.29) is 11.0 Å². The Morgan fingerprint density at radius 2 is 1.70 bits per heavy atom. The largest absolute Gasteiger partial charge is 0.332 e. The van der Waals surface area contributed by atoms with Crippen LogP contribution in [0.3, 0.4) is 0 Å². The molecule has 2 rings (SSSR count). The smallest absolute Gasteiger partial charge is 0.230 e. The number of hydrogen-bond acceptors (Lipinski definition) is 2. The number of rotatable bonds is 3. The van der Waals surface area contributed by atoms with Crippen LogP contribution in [0.2, 0.25) is 5.02 Å². The van der Waals surface area contributed by atoms with E-state index in [0.29, 0.717) is 11.4 Å². The third-order valence-electron chi connectivity index (χ3n) is 2.56. The van der Waals surface area contributed by atoms with Crippen LogP contribution < -0.4 is 10.6 Å². The second kappa shape index (κ2) is 7.03. The van der Waals surface area contributed by atoms with Crippen LogP contribution >= 0.6 is 23.8 Å². The molecule has 0 radical (unpaired) electrons. The highest BCUT2D eigenvalue weighted by molar-refractivity contribution is 7.80. The van der Waals surface area contributed by atoms with Gasteiger partial charge in [-0.2, -0.15) is 0 Å². The molecule has 0 spiro atoms. The first-order valence-electron chi connectivity index (χ1n) is 6.04. The van der Waals surface area contributed by atoms with Crippen LogP contribution in [0, 0.1) is 0 Å². The van der Waals surface area contributed by atoms with Crippen LogP contribution in [-0.2, 0) is 11.2 Å². The van der Waals surface area contributed by atoms with Crippen molar-refractivity contribution < 1.29 is 4.79 Å². The fraction of sp³-hybridized carbons (Fsp3) is 0.0667. The first-order valence-corrected chi connectivity index (χ1v) is 6.82. The molecule has 2 aromatic carbocycles. The maximum absolute atomic E-state index is 11.8. The molecule has 0 fully saturated rings. The van der Waals surface area contributed by atoms with Gasteiger partial charge in [0.1, 0.15) is 0 Å². The number of halogens is 1. The highest BCUT2D eigenvalue weighted by Crippen LogP contribution is 2.13. The minimum atomic E-state index is -0.150. The molecule has 3 nitrogen and oxygen atoms in total. The lowest BCUT2D eigenvalue weighted by Gasteiger charge is -2.09. The normalized spacial score (nSPS) is 9.85. The predicted octanol–water partition coefficient (Wildman–Crippen LogP) is 3.40. The van der Waals surface area contributed by atoms with E-state index in [9.17, 15) is 4.79 Å². The molecule has 0 atom stereocenters. The van der Waals surface area contributed by atoms with Crippen LogP contribution in [0.4, 0.5) is 5.69 Å². The Hall–Kier alpha value is -1.91. The molecule has 0 aromatic heterocycles. The van der Waals surface area contributed by atoms with E-state index in [2.05, 4.69) is 10.6 Å². The number of carbonyl (C=O) groups is 1. The molecule has 102 valence electrons. The summed E-state index contributed by atoms with van der Waals surface area (Å²) in [6, 6.07) is 16.6. The van der Waals surface area contributed by atoms with E-state index in [1.54, 1.807) is 24.3 Å². The number of carbonyl (C=O) groups excluding carboxylic acids is 1. The third-order valence-corrected chi connectivity index (χ3v) is 3.02. The summed E-state index contributed by atoms with van der Waals surface area (Å²) >= 11 is 10.9. The molecule has 2 aromatic rings. The number of anilines is 1. The van der Waals surface area contributed by atoms with Crippen LogP contribution in [0.25, 0.3) is 0 Å². The highest BCUT2D eigenvalue weighted by Gasteiger charge is 2.05. The number of nitrogens with one attached hydrogen (secondary N) is 2. The van der Waals surface area contributed by atoms with Gasteiger partial charge >= 0.3 is 0 Å². The first kappa shape index (κ1) is 14.5. The molecule has 0 saturated heterocycles. The van der Waals surface area contributed by atoms with Gasteiger partial charge in [0.15, 0.2) is 5.11 Å². The molecule has 0 aliphatic heterocycles. The Bertz CT molecular complexity index is 599. The molecule has 20 heavy (non-hydrogen) atoms. The van der Waals surface area contributed by atoms with Crippen molar-refractivity contribution in [2.45, 2.75) is 6.42 Å². The second-order valence-electron chi connectivity index (χ2n) is 4.17. The van der Waals surface area contributed by atoms with Crippen molar-refractivity contribution >= 4 is 40.5 Å². The average Bonchev–Trinajstić information content (AvgIpc) is 2.42. The Labute approximate surface area is 128 Å². The molecular weight excluding hydrogens is 292 g/mol. The molecule has 5 heteroatoms. The van der Waals surface area contributed by atoms with Gasteiger partial charge in [-0.25, -0.2) is 0 Å². The topological polar surface area (TPSA) is 41.1 Å². The summed E-state index contributed by atoms with van der Waals surface area (Å²) in [5.41, 5.74) is 1.72. The monoisotopic (exact) mass is 304 g/mol. The van der Waals surface area contributed by atoms with Gasteiger partial charge in [0, 0.05) is 10.7 Å². The molecule has 0 saturated carbocycles. The Morgan fingerprint density at radius 3 is 2.35 bits per heavy atom. The molecule has 0 aliphatic rings. The summed E-state index contributed by atoms with van der Waals surface area (Å²) in [6.07, 6.45) is 0.295. The molecule has 0 unspecified atom stereocenters. The SMILES string of the molecule is O=C(Cc1ccccc1)NC(=S)Nc1ccc(Cl)cc1. The minimum absolute atomic E-state index is 0.150. The van der Waals surface area contributed by atoms with Crippen LogP contribution in [-0.4, -0.2) is 11.0 Å². The zero-order valence-electron chi connectivity index (χ0n) is 10.6. The van der Waals surface area contributed by atoms with Crippen molar-refractivity contribution in [1.29, 1.82) is 0 Å². The lowest BCUT2D eigenvalue weighted by atomic mass is 10.1. The maximum atomic E-state index is 11.8. The Kier molecular flexibility index (Phi) is 5.09. The van der Waals surface area contributed by atoms with E-state index < -0.39 is 0 Å². The third kappa shape index (κ3) is 4.64. The molecule has 2 N–H and O–H groups in total. The van der Waals surface area contributed by atoms with Crippen molar-refractivity contribution in [2.24, 2.45) is 0 Å². The van der Waals surface area contributed by atoms with Crippen LogP contribution in [0.1, 0.15) is 5.56 Å². The summed E-state index contributed by atoms with van der Waals surface area (Å²) in [6.45, 7) is 0. The average molecular weight is 305 g/mol. The molecule has 0 aliphatic carbocycles. The fourth-order valence-corrected chi connectivity index (χ4v) is 2.01. The van der Waals surface area contributed by atoms with Gasteiger partial charge in [-0.3, -0.25) is 4.79 Å². The van der Waals surface area contributed by atoms with Gasteiger partial charge in [0.2, 0.25) is 5.91 Å².